The molecule has 3 nitrogen and oxygen atoms in total. The van der Waals surface area contributed by atoms with Crippen LogP contribution in [-0.2, 0) is 4.74 Å². The molecule has 4 rings (SSSR count). The summed E-state index contributed by atoms with van der Waals surface area (Å²) < 4.78 is 17.7. The summed E-state index contributed by atoms with van der Waals surface area (Å²) in [5.41, 5.74) is 6.04. The van der Waals surface area contributed by atoms with Gasteiger partial charge in [-0.25, -0.2) is 0 Å². The van der Waals surface area contributed by atoms with Gasteiger partial charge in [0.2, 0.25) is 0 Å². The Labute approximate surface area is 217 Å². The molecule has 0 fully saturated rings. The molecule has 0 spiro atoms. The minimum absolute atomic E-state index is 0.347. The Morgan fingerprint density at radius 1 is 0.514 bits per heavy atom. The van der Waals surface area contributed by atoms with Crippen LogP contribution in [0.25, 0.3) is 0 Å². The summed E-state index contributed by atoms with van der Waals surface area (Å²) in [6, 6.07) is 27.9. The molecule has 0 aliphatic heterocycles. The Morgan fingerprint density at radius 3 is 1.17 bits per heavy atom. The van der Waals surface area contributed by atoms with Gasteiger partial charge in [-0.1, -0.05) is 71.7 Å². The standard InChI is InChI=1S/C30H28Cl2O3/c1-19-17-23(9-15-27(19)31)29(21-5-11-25(33-3)12-6-21)35-30(22-7-13-26(34-4)14-8-22)24-10-16-28(32)20(2)18-24/h5-18,29-30H,1-4H3. The second kappa shape index (κ2) is 11.2. The fourth-order valence-electron chi connectivity index (χ4n) is 4.05. The van der Waals surface area contributed by atoms with Gasteiger partial charge < -0.3 is 14.2 Å². The zero-order valence-electron chi connectivity index (χ0n) is 20.2. The van der Waals surface area contributed by atoms with Gasteiger partial charge in [0, 0.05) is 10.0 Å². The zero-order valence-corrected chi connectivity index (χ0v) is 21.7. The van der Waals surface area contributed by atoms with Crippen molar-refractivity contribution in [1.29, 1.82) is 0 Å². The Hall–Kier alpha value is -2.98. The lowest BCUT2D eigenvalue weighted by atomic mass is 9.96. The second-order valence-electron chi connectivity index (χ2n) is 8.46. The minimum Gasteiger partial charge on any atom is -0.497 e. The first-order valence-corrected chi connectivity index (χ1v) is 12.1. The molecule has 0 bridgehead atoms. The third-order valence-electron chi connectivity index (χ3n) is 6.08. The lowest BCUT2D eigenvalue weighted by molar-refractivity contribution is 0.0307. The number of methoxy groups -OCH3 is 2. The molecule has 0 N–H and O–H groups in total. The van der Waals surface area contributed by atoms with Gasteiger partial charge in [-0.15, -0.1) is 0 Å². The van der Waals surface area contributed by atoms with E-state index in [0.29, 0.717) is 0 Å². The SMILES string of the molecule is COc1ccc(C(OC(c2ccc(OC)cc2)c2ccc(Cl)c(C)c2)c2ccc(Cl)c(C)c2)cc1. The molecule has 2 unspecified atom stereocenters. The highest BCUT2D eigenvalue weighted by atomic mass is 35.5. The molecule has 0 amide bonds. The van der Waals surface area contributed by atoms with Crippen molar-refractivity contribution in [2.75, 3.05) is 14.2 Å². The molecule has 0 aliphatic carbocycles. The van der Waals surface area contributed by atoms with Crippen LogP contribution in [0.5, 0.6) is 11.5 Å². The van der Waals surface area contributed by atoms with Crippen molar-refractivity contribution in [3.8, 4) is 11.5 Å². The van der Waals surface area contributed by atoms with Crippen LogP contribution in [0.4, 0.5) is 0 Å². The van der Waals surface area contributed by atoms with Crippen molar-refractivity contribution in [1.82, 2.24) is 0 Å². The highest BCUT2D eigenvalue weighted by Crippen LogP contribution is 2.38. The topological polar surface area (TPSA) is 27.7 Å². The summed E-state index contributed by atoms with van der Waals surface area (Å²) >= 11 is 12.7. The van der Waals surface area contributed by atoms with Crippen molar-refractivity contribution in [3.63, 3.8) is 0 Å². The predicted octanol–water partition coefficient (Wildman–Crippen LogP) is 8.52. The van der Waals surface area contributed by atoms with Crippen LogP contribution in [0, 0.1) is 13.8 Å². The van der Waals surface area contributed by atoms with Crippen molar-refractivity contribution >= 4 is 23.2 Å². The number of rotatable bonds is 8. The first kappa shape index (κ1) is 25.1. The summed E-state index contributed by atoms with van der Waals surface area (Å²) in [6.07, 6.45) is -0.695. The van der Waals surface area contributed by atoms with Gasteiger partial charge in [-0.05, 0) is 83.6 Å². The maximum atomic E-state index is 6.96. The molecule has 5 heteroatoms. The molecular formula is C30H28Cl2O3. The van der Waals surface area contributed by atoms with Crippen molar-refractivity contribution in [3.05, 3.63) is 128 Å². The fraction of sp³-hybridized carbons (Fsp3) is 0.200. The predicted molar refractivity (Wildman–Crippen MR) is 143 cm³/mol. The smallest absolute Gasteiger partial charge is 0.118 e. The molecule has 0 radical (unpaired) electrons. The van der Waals surface area contributed by atoms with Gasteiger partial charge in [0.1, 0.15) is 23.7 Å². The van der Waals surface area contributed by atoms with E-state index in [1.54, 1.807) is 14.2 Å². The first-order chi connectivity index (χ1) is 16.9. The molecular weight excluding hydrogens is 479 g/mol. The Kier molecular flexibility index (Phi) is 8.02. The zero-order chi connectivity index (χ0) is 24.9. The molecule has 180 valence electrons. The molecule has 4 aromatic carbocycles. The minimum atomic E-state index is -0.347. The normalized spacial score (nSPS) is 12.7. The lowest BCUT2D eigenvalue weighted by Crippen LogP contribution is -2.14. The van der Waals surface area contributed by atoms with E-state index >= 15 is 0 Å². The highest BCUT2D eigenvalue weighted by Gasteiger charge is 2.24. The van der Waals surface area contributed by atoms with E-state index in [1.807, 2.05) is 86.6 Å². The molecule has 4 aromatic rings. The van der Waals surface area contributed by atoms with Crippen molar-refractivity contribution in [2.45, 2.75) is 26.1 Å². The van der Waals surface area contributed by atoms with Crippen LogP contribution in [0.3, 0.4) is 0 Å². The van der Waals surface area contributed by atoms with Crippen LogP contribution in [-0.4, -0.2) is 14.2 Å². The van der Waals surface area contributed by atoms with E-state index in [2.05, 4.69) is 12.1 Å². The van der Waals surface area contributed by atoms with Gasteiger partial charge in [0.25, 0.3) is 0 Å². The largest absolute Gasteiger partial charge is 0.497 e. The summed E-state index contributed by atoms with van der Waals surface area (Å²) in [5.74, 6) is 1.58. The van der Waals surface area contributed by atoms with Gasteiger partial charge >= 0.3 is 0 Å². The highest BCUT2D eigenvalue weighted by molar-refractivity contribution is 6.31. The number of ether oxygens (including phenoxy) is 3. The number of benzene rings is 4. The Bertz CT molecular complexity index is 1180. The Morgan fingerprint density at radius 2 is 0.857 bits per heavy atom. The van der Waals surface area contributed by atoms with Crippen LogP contribution < -0.4 is 9.47 Å². The third-order valence-corrected chi connectivity index (χ3v) is 6.93. The average Bonchev–Trinajstić information content (AvgIpc) is 2.88. The average molecular weight is 507 g/mol. The number of hydrogen-bond acceptors (Lipinski definition) is 3. The van der Waals surface area contributed by atoms with Gasteiger partial charge in [-0.3, -0.25) is 0 Å². The summed E-state index contributed by atoms with van der Waals surface area (Å²) in [4.78, 5) is 0. The molecule has 0 saturated carbocycles. The summed E-state index contributed by atoms with van der Waals surface area (Å²) in [6.45, 7) is 4.00. The van der Waals surface area contributed by atoms with Crippen LogP contribution >= 0.6 is 23.2 Å². The first-order valence-electron chi connectivity index (χ1n) is 11.3. The quantitative estimate of drug-likeness (QED) is 0.239. The van der Waals surface area contributed by atoms with Crippen LogP contribution in [0.1, 0.15) is 45.6 Å². The van der Waals surface area contributed by atoms with Crippen molar-refractivity contribution in [2.24, 2.45) is 0 Å². The molecule has 0 heterocycles. The third kappa shape index (κ3) is 5.82. The summed E-state index contributed by atoms with van der Waals surface area (Å²) in [7, 11) is 3.32. The number of aryl methyl sites for hydroxylation is 2. The van der Waals surface area contributed by atoms with Gasteiger partial charge in [-0.2, -0.15) is 0 Å². The lowest BCUT2D eigenvalue weighted by Gasteiger charge is -2.27. The second-order valence-corrected chi connectivity index (χ2v) is 9.27. The van der Waals surface area contributed by atoms with E-state index in [9.17, 15) is 0 Å². The maximum absolute atomic E-state index is 6.96. The molecule has 0 aromatic heterocycles. The maximum Gasteiger partial charge on any atom is 0.118 e. The monoisotopic (exact) mass is 506 g/mol. The van der Waals surface area contributed by atoms with Crippen LogP contribution in [0.2, 0.25) is 10.0 Å². The van der Waals surface area contributed by atoms with E-state index < -0.39 is 0 Å². The number of halogens is 2. The molecule has 2 atom stereocenters. The molecule has 0 saturated heterocycles. The van der Waals surface area contributed by atoms with Gasteiger partial charge in [0.05, 0.1) is 14.2 Å². The van der Waals surface area contributed by atoms with E-state index in [-0.39, 0.29) is 12.2 Å². The fourth-order valence-corrected chi connectivity index (χ4v) is 4.29. The van der Waals surface area contributed by atoms with E-state index in [1.165, 1.54) is 0 Å². The van der Waals surface area contributed by atoms with E-state index in [4.69, 9.17) is 37.4 Å². The number of hydrogen-bond donors (Lipinski definition) is 0. The Balaban J connectivity index is 1.83. The van der Waals surface area contributed by atoms with E-state index in [0.717, 1.165) is 54.9 Å². The van der Waals surface area contributed by atoms with Crippen molar-refractivity contribution < 1.29 is 14.2 Å². The summed E-state index contributed by atoms with van der Waals surface area (Å²) in [5, 5.41) is 1.45. The van der Waals surface area contributed by atoms with Crippen LogP contribution in [0.15, 0.2) is 84.9 Å². The molecule has 35 heavy (non-hydrogen) atoms. The van der Waals surface area contributed by atoms with Gasteiger partial charge in [0.15, 0.2) is 0 Å². The molecule has 0 aliphatic rings.